The van der Waals surface area contributed by atoms with Crippen molar-refractivity contribution in [3.63, 3.8) is 0 Å². The zero-order chi connectivity index (χ0) is 15.3. The fourth-order valence-corrected chi connectivity index (χ4v) is 2.20. The molecule has 0 radical (unpaired) electrons. The summed E-state index contributed by atoms with van der Waals surface area (Å²) in [6, 6.07) is 6.94. The largest absolute Gasteiger partial charge is 0.480 e. The molecule has 20 heavy (non-hydrogen) atoms. The maximum Gasteiger partial charge on any atom is 0.326 e. The van der Waals surface area contributed by atoms with Crippen LogP contribution in [0.25, 0.3) is 0 Å². The second kappa shape index (κ2) is 7.43. The molecule has 0 aromatic heterocycles. The number of carboxylic acids is 1. The van der Waals surface area contributed by atoms with Crippen LogP contribution in [0, 0.1) is 5.92 Å². The highest BCUT2D eigenvalue weighted by molar-refractivity contribution is 9.10. The van der Waals surface area contributed by atoms with Gasteiger partial charge in [-0.25, -0.2) is 4.79 Å². The molecule has 4 nitrogen and oxygen atoms in total. The van der Waals surface area contributed by atoms with Crippen molar-refractivity contribution < 1.29 is 14.7 Å². The van der Waals surface area contributed by atoms with Crippen molar-refractivity contribution in [3.8, 4) is 0 Å². The van der Waals surface area contributed by atoms with Crippen molar-refractivity contribution >= 4 is 27.8 Å². The van der Waals surface area contributed by atoms with Gasteiger partial charge in [-0.1, -0.05) is 48.8 Å². The number of aliphatic carboxylic acids is 1. The molecule has 1 aromatic rings. The zero-order valence-electron chi connectivity index (χ0n) is 11.9. The lowest BCUT2D eigenvalue weighted by Gasteiger charge is -2.19. The molecule has 1 rings (SSSR count). The first-order chi connectivity index (χ1) is 9.31. The van der Waals surface area contributed by atoms with E-state index in [1.54, 1.807) is 13.8 Å². The number of carbonyl (C=O) groups is 2. The van der Waals surface area contributed by atoms with Gasteiger partial charge in [-0.05, 0) is 29.5 Å². The maximum absolute atomic E-state index is 11.9. The molecule has 0 heterocycles. The van der Waals surface area contributed by atoms with E-state index in [1.165, 1.54) is 0 Å². The summed E-state index contributed by atoms with van der Waals surface area (Å²) in [6.07, 6.45) is 0.276. The van der Waals surface area contributed by atoms with E-state index in [2.05, 4.69) is 21.2 Å². The van der Waals surface area contributed by atoms with E-state index in [9.17, 15) is 9.59 Å². The molecule has 0 saturated carbocycles. The highest BCUT2D eigenvalue weighted by atomic mass is 79.9. The maximum atomic E-state index is 11.9. The average Bonchev–Trinajstić information content (AvgIpc) is 2.35. The quantitative estimate of drug-likeness (QED) is 0.835. The Bertz CT molecular complexity index is 471. The second-order valence-electron chi connectivity index (χ2n) is 5.28. The molecule has 0 aliphatic carbocycles. The van der Waals surface area contributed by atoms with Crippen LogP contribution in [0.2, 0.25) is 0 Å². The normalized spacial score (nSPS) is 13.8. The van der Waals surface area contributed by atoms with Gasteiger partial charge in [0.05, 0.1) is 0 Å². The summed E-state index contributed by atoms with van der Waals surface area (Å²) in [6.45, 7) is 5.50. The van der Waals surface area contributed by atoms with Crippen molar-refractivity contribution in [2.45, 2.75) is 39.2 Å². The number of hydrogen-bond donors (Lipinski definition) is 2. The molecule has 0 saturated heterocycles. The molecule has 5 heteroatoms. The van der Waals surface area contributed by atoms with E-state index in [4.69, 9.17) is 5.11 Å². The van der Waals surface area contributed by atoms with Gasteiger partial charge < -0.3 is 10.4 Å². The Morgan fingerprint density at radius 3 is 2.20 bits per heavy atom. The van der Waals surface area contributed by atoms with Gasteiger partial charge in [0, 0.05) is 10.9 Å². The predicted octanol–water partition coefficient (Wildman–Crippen LogP) is 3.17. The molecule has 0 aliphatic heterocycles. The number of nitrogens with one attached hydrogen (secondary N) is 1. The number of hydrogen-bond acceptors (Lipinski definition) is 2. The van der Waals surface area contributed by atoms with E-state index in [0.29, 0.717) is 0 Å². The van der Waals surface area contributed by atoms with Crippen LogP contribution in [0.4, 0.5) is 0 Å². The highest BCUT2D eigenvalue weighted by Gasteiger charge is 2.24. The summed E-state index contributed by atoms with van der Waals surface area (Å²) < 4.78 is 0.989. The Morgan fingerprint density at radius 1 is 1.20 bits per heavy atom. The van der Waals surface area contributed by atoms with Gasteiger partial charge in [-0.3, -0.25) is 4.79 Å². The SMILES string of the molecule is CC(CC(=O)N[C@@H](C(=O)O)C(C)C)c1ccc(Br)cc1. The summed E-state index contributed by atoms with van der Waals surface area (Å²) in [5, 5.41) is 11.6. The number of benzene rings is 1. The number of amides is 1. The van der Waals surface area contributed by atoms with E-state index >= 15 is 0 Å². The minimum Gasteiger partial charge on any atom is -0.480 e. The van der Waals surface area contributed by atoms with Crippen LogP contribution < -0.4 is 5.32 Å². The predicted molar refractivity (Wildman–Crippen MR) is 81.6 cm³/mol. The van der Waals surface area contributed by atoms with Crippen LogP contribution in [0.3, 0.4) is 0 Å². The molecule has 0 spiro atoms. The summed E-state index contributed by atoms with van der Waals surface area (Å²) >= 11 is 3.37. The van der Waals surface area contributed by atoms with Crippen molar-refractivity contribution in [2.24, 2.45) is 5.92 Å². The standard InChI is InChI=1S/C15H20BrNO3/c1-9(2)14(15(19)20)17-13(18)8-10(3)11-4-6-12(16)7-5-11/h4-7,9-10,14H,8H2,1-3H3,(H,17,18)(H,19,20)/t10?,14-/m1/s1. The van der Waals surface area contributed by atoms with E-state index in [1.807, 2.05) is 31.2 Å². The van der Waals surface area contributed by atoms with E-state index < -0.39 is 12.0 Å². The smallest absolute Gasteiger partial charge is 0.326 e. The third kappa shape index (κ3) is 4.96. The van der Waals surface area contributed by atoms with Gasteiger partial charge in [-0.2, -0.15) is 0 Å². The molecular formula is C15H20BrNO3. The molecule has 1 amide bonds. The highest BCUT2D eigenvalue weighted by Crippen LogP contribution is 2.21. The summed E-state index contributed by atoms with van der Waals surface area (Å²) in [5.41, 5.74) is 1.06. The lowest BCUT2D eigenvalue weighted by atomic mass is 9.97. The third-order valence-electron chi connectivity index (χ3n) is 3.18. The van der Waals surface area contributed by atoms with Crippen LogP contribution in [0.1, 0.15) is 38.7 Å². The van der Waals surface area contributed by atoms with E-state index in [0.717, 1.165) is 10.0 Å². The van der Waals surface area contributed by atoms with Crippen LogP contribution >= 0.6 is 15.9 Å². The molecular weight excluding hydrogens is 322 g/mol. The number of carboxylic acid groups (broad SMARTS) is 1. The van der Waals surface area contributed by atoms with Crippen LogP contribution in [-0.4, -0.2) is 23.0 Å². The molecule has 2 N–H and O–H groups in total. The first kappa shape index (κ1) is 16.7. The molecule has 2 atom stereocenters. The molecule has 1 unspecified atom stereocenters. The molecule has 0 bridgehead atoms. The molecule has 1 aromatic carbocycles. The molecule has 110 valence electrons. The minimum atomic E-state index is -0.996. The van der Waals surface area contributed by atoms with Gasteiger partial charge in [0.25, 0.3) is 0 Å². The molecule has 0 fully saturated rings. The lowest BCUT2D eigenvalue weighted by molar-refractivity contribution is -0.143. The van der Waals surface area contributed by atoms with E-state index in [-0.39, 0.29) is 24.2 Å². The van der Waals surface area contributed by atoms with Crippen molar-refractivity contribution in [1.82, 2.24) is 5.32 Å². The van der Waals surface area contributed by atoms with Gasteiger partial charge in [0.15, 0.2) is 0 Å². The zero-order valence-corrected chi connectivity index (χ0v) is 13.5. The van der Waals surface area contributed by atoms with Crippen LogP contribution in [-0.2, 0) is 9.59 Å². The summed E-state index contributed by atoms with van der Waals surface area (Å²) in [5.74, 6) is -1.32. The fraction of sp³-hybridized carbons (Fsp3) is 0.467. The Kier molecular flexibility index (Phi) is 6.20. The van der Waals surface area contributed by atoms with Crippen LogP contribution in [0.15, 0.2) is 28.7 Å². The summed E-state index contributed by atoms with van der Waals surface area (Å²) in [4.78, 5) is 23.0. The first-order valence-electron chi connectivity index (χ1n) is 6.59. The second-order valence-corrected chi connectivity index (χ2v) is 6.20. The third-order valence-corrected chi connectivity index (χ3v) is 3.71. The number of halogens is 1. The topological polar surface area (TPSA) is 66.4 Å². The van der Waals surface area contributed by atoms with Crippen LogP contribution in [0.5, 0.6) is 0 Å². The van der Waals surface area contributed by atoms with Crippen molar-refractivity contribution in [3.05, 3.63) is 34.3 Å². The monoisotopic (exact) mass is 341 g/mol. The van der Waals surface area contributed by atoms with Gasteiger partial charge >= 0.3 is 5.97 Å². The lowest BCUT2D eigenvalue weighted by Crippen LogP contribution is -2.44. The Labute approximate surface area is 127 Å². The van der Waals surface area contributed by atoms with Gasteiger partial charge in [-0.15, -0.1) is 0 Å². The number of rotatable bonds is 6. The van der Waals surface area contributed by atoms with Crippen molar-refractivity contribution in [1.29, 1.82) is 0 Å². The van der Waals surface area contributed by atoms with Gasteiger partial charge in [0.2, 0.25) is 5.91 Å². The summed E-state index contributed by atoms with van der Waals surface area (Å²) in [7, 11) is 0. The fourth-order valence-electron chi connectivity index (χ4n) is 1.93. The number of carbonyl (C=O) groups excluding carboxylic acids is 1. The minimum absolute atomic E-state index is 0.0460. The van der Waals surface area contributed by atoms with Gasteiger partial charge in [0.1, 0.15) is 6.04 Å². The Morgan fingerprint density at radius 2 is 1.75 bits per heavy atom. The van der Waals surface area contributed by atoms with Crippen molar-refractivity contribution in [2.75, 3.05) is 0 Å². The Balaban J connectivity index is 2.61. The Hall–Kier alpha value is -1.36. The molecule has 0 aliphatic rings. The average molecular weight is 342 g/mol. The first-order valence-corrected chi connectivity index (χ1v) is 7.38.